The molecule has 1 aliphatic rings. The Morgan fingerprint density at radius 2 is 1.84 bits per heavy atom. The first kappa shape index (κ1) is 21.4. The summed E-state index contributed by atoms with van der Waals surface area (Å²) in [7, 11) is 2.94. The number of hydrogen-bond donors (Lipinski definition) is 1. The van der Waals surface area contributed by atoms with Gasteiger partial charge in [0.15, 0.2) is 0 Å². The van der Waals surface area contributed by atoms with Crippen LogP contribution in [0.3, 0.4) is 0 Å². The molecule has 1 saturated heterocycles. The van der Waals surface area contributed by atoms with Gasteiger partial charge in [0.25, 0.3) is 17.6 Å². The van der Waals surface area contributed by atoms with Crippen LogP contribution in [0, 0.1) is 0 Å². The van der Waals surface area contributed by atoms with E-state index < -0.39 is 11.7 Å². The summed E-state index contributed by atoms with van der Waals surface area (Å²) in [5.41, 5.74) is 1.27. The lowest BCUT2D eigenvalue weighted by atomic mass is 10.1. The van der Waals surface area contributed by atoms with E-state index in [2.05, 4.69) is 9.97 Å². The number of ketones is 1. The Kier molecular flexibility index (Phi) is 5.81. The van der Waals surface area contributed by atoms with Gasteiger partial charge >= 0.3 is 0 Å². The van der Waals surface area contributed by atoms with Gasteiger partial charge in [0, 0.05) is 37.4 Å². The quantitative estimate of drug-likeness (QED) is 0.485. The third kappa shape index (κ3) is 3.66. The molecule has 0 saturated carbocycles. The number of piperazine rings is 1. The number of hydrogen-bond acceptors (Lipinski definition) is 6. The molecule has 4 rings (SSSR count). The first-order valence-corrected chi connectivity index (χ1v) is 10.2. The van der Waals surface area contributed by atoms with Crippen LogP contribution in [0.2, 0.25) is 0 Å². The first-order chi connectivity index (χ1) is 15.5. The van der Waals surface area contributed by atoms with E-state index in [4.69, 9.17) is 9.47 Å². The molecule has 0 unspecified atom stereocenters. The topological polar surface area (TPSA) is 105 Å². The number of Topliss-reactive ketones (excluding diaryl/α,β-unsaturated/α-hetero) is 1. The summed E-state index contributed by atoms with van der Waals surface area (Å²) in [6.07, 6.45) is 2.92. The van der Waals surface area contributed by atoms with Crippen molar-refractivity contribution in [2.75, 3.05) is 33.9 Å². The summed E-state index contributed by atoms with van der Waals surface area (Å²) in [5.74, 6) is -0.699. The van der Waals surface area contributed by atoms with E-state index in [9.17, 15) is 14.4 Å². The van der Waals surface area contributed by atoms with E-state index in [1.165, 1.54) is 31.5 Å². The number of aromatic amines is 1. The zero-order valence-electron chi connectivity index (χ0n) is 18.1. The van der Waals surface area contributed by atoms with Crippen molar-refractivity contribution in [1.82, 2.24) is 19.8 Å². The van der Waals surface area contributed by atoms with Crippen molar-refractivity contribution in [3.63, 3.8) is 0 Å². The number of carbonyl (C=O) groups excluding carboxylic acids is 3. The molecule has 3 heterocycles. The Morgan fingerprint density at radius 1 is 1.09 bits per heavy atom. The fraction of sp³-hybridized carbons (Fsp3) is 0.304. The second-order valence-corrected chi connectivity index (χ2v) is 7.58. The molecule has 0 aliphatic carbocycles. The molecule has 1 atom stereocenters. The average Bonchev–Trinajstić information content (AvgIpc) is 3.28. The zero-order chi connectivity index (χ0) is 22.8. The van der Waals surface area contributed by atoms with Crippen molar-refractivity contribution in [3.8, 4) is 11.6 Å². The van der Waals surface area contributed by atoms with Crippen molar-refractivity contribution >= 4 is 28.5 Å². The number of benzene rings is 1. The molecule has 2 amide bonds. The van der Waals surface area contributed by atoms with Crippen LogP contribution < -0.4 is 9.47 Å². The largest absolute Gasteiger partial charge is 0.494 e. The maximum absolute atomic E-state index is 13.2. The molecule has 2 aromatic heterocycles. The van der Waals surface area contributed by atoms with E-state index in [0.717, 1.165) is 0 Å². The SMILES string of the molecule is COc1ncc(OC)c2c(C(=O)C(=O)N3CCN(C(=O)c4ccccc4)C[C@@H]3C)c[nH]c12. The van der Waals surface area contributed by atoms with Crippen LogP contribution in [0.4, 0.5) is 0 Å². The second kappa shape index (κ2) is 8.70. The van der Waals surface area contributed by atoms with Crippen molar-refractivity contribution in [1.29, 1.82) is 0 Å². The lowest BCUT2D eigenvalue weighted by Gasteiger charge is -2.39. The Morgan fingerprint density at radius 3 is 2.50 bits per heavy atom. The molecule has 1 aromatic carbocycles. The lowest BCUT2D eigenvalue weighted by Crippen LogP contribution is -2.56. The molecular weight excluding hydrogens is 412 g/mol. The fourth-order valence-electron chi connectivity index (χ4n) is 4.04. The summed E-state index contributed by atoms with van der Waals surface area (Å²) < 4.78 is 10.6. The molecule has 32 heavy (non-hydrogen) atoms. The number of pyridine rings is 1. The minimum absolute atomic E-state index is 0.0863. The van der Waals surface area contributed by atoms with Crippen molar-refractivity contribution in [2.24, 2.45) is 0 Å². The van der Waals surface area contributed by atoms with Crippen LogP contribution in [0.1, 0.15) is 27.6 Å². The minimum Gasteiger partial charge on any atom is -0.494 e. The zero-order valence-corrected chi connectivity index (χ0v) is 18.1. The summed E-state index contributed by atoms with van der Waals surface area (Å²) in [6.45, 7) is 2.81. The predicted octanol–water partition coefficient (Wildman–Crippen LogP) is 2.14. The summed E-state index contributed by atoms with van der Waals surface area (Å²) >= 11 is 0. The van der Waals surface area contributed by atoms with Crippen molar-refractivity contribution < 1.29 is 23.9 Å². The maximum atomic E-state index is 13.2. The number of carbonyl (C=O) groups is 3. The summed E-state index contributed by atoms with van der Waals surface area (Å²) in [6, 6.07) is 8.71. The fourth-order valence-corrected chi connectivity index (χ4v) is 4.04. The van der Waals surface area contributed by atoms with Gasteiger partial charge in [-0.2, -0.15) is 0 Å². The van der Waals surface area contributed by atoms with Crippen molar-refractivity contribution in [3.05, 3.63) is 53.9 Å². The smallest absolute Gasteiger partial charge is 0.295 e. The Bertz CT molecular complexity index is 1170. The van der Waals surface area contributed by atoms with Gasteiger partial charge in [-0.15, -0.1) is 0 Å². The molecule has 1 N–H and O–H groups in total. The molecule has 0 bridgehead atoms. The summed E-state index contributed by atoms with van der Waals surface area (Å²) in [4.78, 5) is 49.3. The maximum Gasteiger partial charge on any atom is 0.295 e. The number of nitrogens with zero attached hydrogens (tertiary/aromatic N) is 3. The van der Waals surface area contributed by atoms with E-state index in [-0.39, 0.29) is 24.1 Å². The van der Waals surface area contributed by atoms with Gasteiger partial charge in [0.1, 0.15) is 11.3 Å². The van der Waals surface area contributed by atoms with E-state index in [0.29, 0.717) is 41.2 Å². The van der Waals surface area contributed by atoms with Crippen molar-refractivity contribution in [2.45, 2.75) is 13.0 Å². The van der Waals surface area contributed by atoms with E-state index in [1.54, 1.807) is 17.0 Å². The van der Waals surface area contributed by atoms with Crippen LogP contribution in [-0.2, 0) is 4.79 Å². The third-order valence-electron chi connectivity index (χ3n) is 5.69. The van der Waals surface area contributed by atoms with E-state index >= 15 is 0 Å². The van der Waals surface area contributed by atoms with Gasteiger partial charge in [-0.1, -0.05) is 18.2 Å². The average molecular weight is 436 g/mol. The van der Waals surface area contributed by atoms with Crippen LogP contribution in [0.5, 0.6) is 11.6 Å². The molecule has 1 aliphatic heterocycles. The van der Waals surface area contributed by atoms with Crippen LogP contribution in [0.15, 0.2) is 42.7 Å². The molecule has 9 heteroatoms. The van der Waals surface area contributed by atoms with Crippen LogP contribution in [0.25, 0.3) is 10.9 Å². The van der Waals surface area contributed by atoms with Gasteiger partial charge in [-0.25, -0.2) is 4.98 Å². The monoisotopic (exact) mass is 436 g/mol. The number of methoxy groups -OCH3 is 2. The predicted molar refractivity (Wildman–Crippen MR) is 117 cm³/mol. The van der Waals surface area contributed by atoms with Gasteiger partial charge in [0.2, 0.25) is 5.88 Å². The number of H-pyrrole nitrogens is 1. The number of rotatable bonds is 5. The molecule has 9 nitrogen and oxygen atoms in total. The third-order valence-corrected chi connectivity index (χ3v) is 5.69. The van der Waals surface area contributed by atoms with Gasteiger partial charge in [0.05, 0.1) is 31.4 Å². The molecule has 3 aromatic rings. The number of aromatic nitrogens is 2. The molecule has 166 valence electrons. The number of ether oxygens (including phenoxy) is 2. The normalized spacial score (nSPS) is 16.2. The van der Waals surface area contributed by atoms with Gasteiger partial charge < -0.3 is 24.3 Å². The van der Waals surface area contributed by atoms with E-state index in [1.807, 2.05) is 25.1 Å². The molecule has 1 fully saturated rings. The van der Waals surface area contributed by atoms with Crippen LogP contribution >= 0.6 is 0 Å². The Labute approximate surface area is 184 Å². The Balaban J connectivity index is 1.54. The highest BCUT2D eigenvalue weighted by molar-refractivity contribution is 6.45. The number of nitrogens with one attached hydrogen (secondary N) is 1. The Hall–Kier alpha value is -3.88. The highest BCUT2D eigenvalue weighted by Crippen LogP contribution is 2.33. The first-order valence-electron chi connectivity index (χ1n) is 10.2. The molecular formula is C23H24N4O5. The lowest BCUT2D eigenvalue weighted by molar-refractivity contribution is -0.130. The van der Waals surface area contributed by atoms with Gasteiger partial charge in [-0.3, -0.25) is 14.4 Å². The van der Waals surface area contributed by atoms with Crippen LogP contribution in [-0.4, -0.2) is 77.3 Å². The highest BCUT2D eigenvalue weighted by Gasteiger charge is 2.35. The summed E-state index contributed by atoms with van der Waals surface area (Å²) in [5, 5.41) is 0.447. The minimum atomic E-state index is -0.655. The number of fused-ring (bicyclic) bond motifs is 1. The van der Waals surface area contributed by atoms with Gasteiger partial charge in [-0.05, 0) is 19.1 Å². The number of amides is 2. The molecule has 0 spiro atoms. The highest BCUT2D eigenvalue weighted by atomic mass is 16.5. The molecule has 0 radical (unpaired) electrons. The standard InChI is InChI=1S/C23H24N4O5/c1-14-13-26(22(29)15-7-5-4-6-8-15)9-10-27(14)23(30)20(28)16-11-24-19-18(16)17(31-2)12-25-21(19)32-3/h4-8,11-12,14,24H,9-10,13H2,1-3H3/t14-/m0/s1. The second-order valence-electron chi connectivity index (χ2n) is 7.58.